The van der Waals surface area contributed by atoms with Crippen molar-refractivity contribution in [2.24, 2.45) is 0 Å². The van der Waals surface area contributed by atoms with Gasteiger partial charge in [-0.3, -0.25) is 4.90 Å². The summed E-state index contributed by atoms with van der Waals surface area (Å²) in [5.74, 6) is 3.18. The first-order chi connectivity index (χ1) is 16.8. The fourth-order valence-electron chi connectivity index (χ4n) is 5.19. The number of hydrogen-bond donors (Lipinski definition) is 0. The average Bonchev–Trinajstić information content (AvgIpc) is 3.27. The van der Waals surface area contributed by atoms with E-state index in [1.807, 2.05) is 66.7 Å². The van der Waals surface area contributed by atoms with Crippen LogP contribution >= 0.6 is 0 Å². The van der Waals surface area contributed by atoms with Gasteiger partial charge < -0.3 is 13.9 Å². The lowest BCUT2D eigenvalue weighted by Crippen LogP contribution is -2.20. The molecule has 0 N–H and O–H groups in total. The molecule has 4 heteroatoms. The largest absolute Gasteiger partial charge is 0.456 e. The van der Waals surface area contributed by atoms with Crippen LogP contribution in [-0.2, 0) is 0 Å². The molecule has 8 rings (SSSR count). The summed E-state index contributed by atoms with van der Waals surface area (Å²) < 4.78 is 19.0. The van der Waals surface area contributed by atoms with E-state index in [1.54, 1.807) is 0 Å². The Morgan fingerprint density at radius 1 is 0.529 bits per heavy atom. The van der Waals surface area contributed by atoms with Crippen LogP contribution in [0, 0.1) is 0 Å². The monoisotopic (exact) mass is 439 g/mol. The number of ether oxygens (including phenoxy) is 2. The van der Waals surface area contributed by atoms with Crippen molar-refractivity contribution in [3.63, 3.8) is 0 Å². The molecule has 4 nitrogen and oxygen atoms in total. The van der Waals surface area contributed by atoms with Gasteiger partial charge in [-0.1, -0.05) is 54.6 Å². The average molecular weight is 439 g/mol. The molecule has 3 heterocycles. The highest BCUT2D eigenvalue weighted by Crippen LogP contribution is 2.60. The highest BCUT2D eigenvalue weighted by atomic mass is 16.5. The number of hydrogen-bond acceptors (Lipinski definition) is 4. The van der Waals surface area contributed by atoms with Gasteiger partial charge in [-0.2, -0.15) is 0 Å². The smallest absolute Gasteiger partial charge is 0.156 e. The molecule has 2 aliphatic heterocycles. The van der Waals surface area contributed by atoms with Crippen molar-refractivity contribution in [2.75, 3.05) is 4.90 Å². The normalized spacial score (nSPS) is 13.1. The zero-order valence-corrected chi connectivity index (χ0v) is 18.0. The van der Waals surface area contributed by atoms with Gasteiger partial charge in [-0.15, -0.1) is 0 Å². The maximum Gasteiger partial charge on any atom is 0.156 e. The van der Waals surface area contributed by atoms with Crippen LogP contribution in [-0.4, -0.2) is 0 Å². The SMILES string of the molecule is c1ccc2c(c1)Oc1cc(-c3cccc4oc5ccccc5c34)cc3c1N2c1ccccc1O3. The molecule has 0 amide bonds. The predicted molar refractivity (Wildman–Crippen MR) is 134 cm³/mol. The molecule has 0 bridgehead atoms. The Bertz CT molecular complexity index is 1710. The van der Waals surface area contributed by atoms with Crippen LogP contribution in [0.3, 0.4) is 0 Å². The highest BCUT2D eigenvalue weighted by molar-refractivity contribution is 6.12. The minimum absolute atomic E-state index is 0.769. The second-order valence-electron chi connectivity index (χ2n) is 8.57. The third kappa shape index (κ3) is 2.32. The van der Waals surface area contributed by atoms with Crippen molar-refractivity contribution >= 4 is 39.0 Å². The molecule has 0 saturated heterocycles. The van der Waals surface area contributed by atoms with E-state index in [9.17, 15) is 0 Å². The summed E-state index contributed by atoms with van der Waals surface area (Å²) in [5.41, 5.74) is 6.77. The molecule has 0 atom stereocenters. The first kappa shape index (κ1) is 17.8. The topological polar surface area (TPSA) is 34.8 Å². The number of benzene rings is 5. The zero-order valence-electron chi connectivity index (χ0n) is 18.0. The number of para-hydroxylation sites is 5. The van der Waals surface area contributed by atoms with Crippen LogP contribution in [0.25, 0.3) is 33.1 Å². The van der Waals surface area contributed by atoms with Gasteiger partial charge in [0.1, 0.15) is 16.9 Å². The maximum absolute atomic E-state index is 6.44. The number of rotatable bonds is 1. The lowest BCUT2D eigenvalue weighted by Gasteiger charge is -2.38. The van der Waals surface area contributed by atoms with Gasteiger partial charge in [0.05, 0.1) is 11.4 Å². The molecule has 2 aliphatic rings. The molecule has 0 spiro atoms. The van der Waals surface area contributed by atoms with Gasteiger partial charge in [0, 0.05) is 10.8 Å². The van der Waals surface area contributed by atoms with Crippen LogP contribution in [0.2, 0.25) is 0 Å². The Morgan fingerprint density at radius 3 is 1.88 bits per heavy atom. The van der Waals surface area contributed by atoms with E-state index in [1.165, 1.54) is 0 Å². The third-order valence-electron chi connectivity index (χ3n) is 6.63. The maximum atomic E-state index is 6.44. The van der Waals surface area contributed by atoms with E-state index in [4.69, 9.17) is 13.9 Å². The number of anilines is 3. The van der Waals surface area contributed by atoms with Crippen LogP contribution in [0.4, 0.5) is 17.1 Å². The zero-order chi connectivity index (χ0) is 22.2. The van der Waals surface area contributed by atoms with Crippen molar-refractivity contribution in [1.82, 2.24) is 0 Å². The molecule has 1 aromatic heterocycles. The van der Waals surface area contributed by atoms with Gasteiger partial charge in [-0.05, 0) is 59.7 Å². The van der Waals surface area contributed by atoms with Crippen molar-refractivity contribution < 1.29 is 13.9 Å². The molecule has 0 radical (unpaired) electrons. The van der Waals surface area contributed by atoms with E-state index >= 15 is 0 Å². The molecule has 34 heavy (non-hydrogen) atoms. The summed E-state index contributed by atoms with van der Waals surface area (Å²) in [7, 11) is 0. The first-order valence-electron chi connectivity index (χ1n) is 11.3. The van der Waals surface area contributed by atoms with Gasteiger partial charge in [-0.25, -0.2) is 0 Å². The Labute approximate surface area is 195 Å². The first-order valence-corrected chi connectivity index (χ1v) is 11.3. The standard InChI is InChI=1S/C30H17NO3/c1-4-12-23-20(8-1)29-19(9-7-15-26(29)32-23)18-16-27-30-28(17-18)34-25-14-6-3-11-22(25)31(30)21-10-2-5-13-24(21)33-27/h1-17H. The summed E-state index contributed by atoms with van der Waals surface area (Å²) in [6.45, 7) is 0. The fourth-order valence-corrected chi connectivity index (χ4v) is 5.19. The van der Waals surface area contributed by atoms with E-state index in [2.05, 4.69) is 41.3 Å². The number of nitrogens with zero attached hydrogens (tertiary/aromatic N) is 1. The molecular formula is C30H17NO3. The van der Waals surface area contributed by atoms with Crippen molar-refractivity contribution in [3.05, 3.63) is 103 Å². The summed E-state index contributed by atoms with van der Waals surface area (Å²) in [6.07, 6.45) is 0. The molecule has 0 aliphatic carbocycles. The third-order valence-corrected chi connectivity index (χ3v) is 6.63. The van der Waals surface area contributed by atoms with E-state index in [0.717, 1.165) is 73.1 Å². The van der Waals surface area contributed by atoms with Crippen LogP contribution in [0.5, 0.6) is 23.0 Å². The van der Waals surface area contributed by atoms with E-state index in [0.29, 0.717) is 0 Å². The molecule has 5 aromatic carbocycles. The molecule has 6 aromatic rings. The number of furan rings is 1. The highest BCUT2D eigenvalue weighted by Gasteiger charge is 2.35. The summed E-state index contributed by atoms with van der Waals surface area (Å²) >= 11 is 0. The Morgan fingerprint density at radius 2 is 1.15 bits per heavy atom. The van der Waals surface area contributed by atoms with Crippen LogP contribution in [0.1, 0.15) is 0 Å². The Balaban J connectivity index is 1.42. The second kappa shape index (κ2) is 6.42. The molecule has 0 unspecified atom stereocenters. The molecule has 0 fully saturated rings. The summed E-state index contributed by atoms with van der Waals surface area (Å²) in [5, 5.41) is 2.19. The summed E-state index contributed by atoms with van der Waals surface area (Å²) in [4.78, 5) is 2.24. The molecule has 160 valence electrons. The molecular weight excluding hydrogens is 422 g/mol. The Kier molecular flexibility index (Phi) is 3.36. The lowest BCUT2D eigenvalue weighted by atomic mass is 9.97. The van der Waals surface area contributed by atoms with E-state index < -0.39 is 0 Å². The van der Waals surface area contributed by atoms with Gasteiger partial charge in [0.15, 0.2) is 23.0 Å². The van der Waals surface area contributed by atoms with Crippen molar-refractivity contribution in [1.29, 1.82) is 0 Å². The predicted octanol–water partition coefficient (Wildman–Crippen LogP) is 8.93. The molecule has 0 saturated carbocycles. The number of fused-ring (bicyclic) bond motifs is 7. The van der Waals surface area contributed by atoms with Gasteiger partial charge >= 0.3 is 0 Å². The van der Waals surface area contributed by atoms with Gasteiger partial charge in [0.25, 0.3) is 0 Å². The van der Waals surface area contributed by atoms with Gasteiger partial charge in [0.2, 0.25) is 0 Å². The second-order valence-corrected chi connectivity index (χ2v) is 8.57. The van der Waals surface area contributed by atoms with Crippen molar-refractivity contribution in [3.8, 4) is 34.1 Å². The minimum atomic E-state index is 0.769. The minimum Gasteiger partial charge on any atom is -0.456 e. The van der Waals surface area contributed by atoms with Crippen molar-refractivity contribution in [2.45, 2.75) is 0 Å². The van der Waals surface area contributed by atoms with Crippen LogP contribution < -0.4 is 14.4 Å². The quantitative estimate of drug-likeness (QED) is 0.256. The fraction of sp³-hybridized carbons (Fsp3) is 0. The van der Waals surface area contributed by atoms with Crippen LogP contribution in [0.15, 0.2) is 108 Å². The summed E-state index contributed by atoms with van der Waals surface area (Å²) in [6, 6.07) is 34.8. The Hall–Kier alpha value is -4.70. The van der Waals surface area contributed by atoms with E-state index in [-0.39, 0.29) is 0 Å². The lowest BCUT2D eigenvalue weighted by molar-refractivity contribution is 0.446.